The maximum absolute atomic E-state index is 13.0. The number of nitrogens with one attached hydrogen (secondary N) is 1. The number of phosphoric ester groups is 1. The first-order valence-electron chi connectivity index (χ1n) is 24.0. The molecule has 1 aliphatic carbocycles. The summed E-state index contributed by atoms with van der Waals surface area (Å²) >= 11 is 0. The summed E-state index contributed by atoms with van der Waals surface area (Å²) in [5.41, 5.74) is 0. The molecule has 0 radical (unpaired) electrons. The van der Waals surface area contributed by atoms with Gasteiger partial charge >= 0.3 is 7.82 Å². The fraction of sp³-hybridized carbons (Fsp3) is 0.851. The average molecular weight is 890 g/mol. The van der Waals surface area contributed by atoms with Crippen molar-refractivity contribution in [1.82, 2.24) is 5.32 Å². The Hall–Kier alpha value is -1.48. The topological polar surface area (TPSA) is 226 Å². The van der Waals surface area contributed by atoms with Crippen molar-refractivity contribution in [1.29, 1.82) is 0 Å². The zero-order chi connectivity index (χ0) is 45.1. The molecule has 0 saturated heterocycles. The maximum atomic E-state index is 13.0. The van der Waals surface area contributed by atoms with Crippen molar-refractivity contribution in [3.63, 3.8) is 0 Å². The van der Waals surface area contributed by atoms with Gasteiger partial charge in [0, 0.05) is 0 Å². The van der Waals surface area contributed by atoms with Crippen molar-refractivity contribution in [2.75, 3.05) is 6.61 Å². The van der Waals surface area contributed by atoms with Crippen LogP contribution >= 0.6 is 7.82 Å². The molecule has 14 heteroatoms. The smallest absolute Gasteiger partial charge is 0.393 e. The molecule has 0 aliphatic heterocycles. The predicted molar refractivity (Wildman–Crippen MR) is 243 cm³/mol. The van der Waals surface area contributed by atoms with Gasteiger partial charge < -0.3 is 46.0 Å². The average Bonchev–Trinajstić information content (AvgIpc) is 3.23. The SMILES string of the molecule is CCCCC/C=C\C=C/CCCCCCC(O)CC(=O)NC(COP(=O)(O)OC1C(O)C(O)C(O)C(O)C1O)C(O)/C=C/CCCCCCCCCCCCCCCCCC. The summed E-state index contributed by atoms with van der Waals surface area (Å²) in [6.45, 7) is 3.70. The van der Waals surface area contributed by atoms with Crippen LogP contribution in [0.15, 0.2) is 36.5 Å². The quantitative estimate of drug-likeness (QED) is 0.0123. The standard InChI is InChI=1S/C47H88NO12P/c1-3-5-7-9-11-13-15-17-18-19-20-21-23-25-27-29-31-33-35-40(50)39(37-59-61(57,58)60-47-45(55)43(53)42(52)44(54)46(47)56)48-41(51)36-38(49)34-32-30-28-26-24-22-16-14-12-10-8-6-4-2/h12,14,16,22,33,35,38-40,42-47,49-50,52-56H,3-11,13,15,17-21,23-32,34,36-37H2,1-2H3,(H,48,51)(H,57,58)/b14-12-,22-16-,35-33+. The molecule has 0 spiro atoms. The molecule has 1 amide bonds. The van der Waals surface area contributed by atoms with E-state index in [1.165, 1.54) is 109 Å². The lowest BCUT2D eigenvalue weighted by atomic mass is 9.85. The number of aliphatic hydroxyl groups excluding tert-OH is 7. The summed E-state index contributed by atoms with van der Waals surface area (Å²) < 4.78 is 22.9. The molecule has 8 unspecified atom stereocenters. The minimum atomic E-state index is -5.14. The molecule has 0 aromatic heterocycles. The van der Waals surface area contributed by atoms with E-state index in [4.69, 9.17) is 9.05 Å². The zero-order valence-electron chi connectivity index (χ0n) is 37.8. The van der Waals surface area contributed by atoms with E-state index in [1.807, 2.05) is 0 Å². The second kappa shape index (κ2) is 36.8. The first-order valence-corrected chi connectivity index (χ1v) is 25.5. The molecule has 0 bridgehead atoms. The third kappa shape index (κ3) is 28.8. The fourth-order valence-corrected chi connectivity index (χ4v) is 8.49. The van der Waals surface area contributed by atoms with E-state index in [0.717, 1.165) is 57.8 Å². The normalized spacial score (nSPS) is 23.5. The Morgan fingerprint density at radius 2 is 0.984 bits per heavy atom. The molecule has 358 valence electrons. The second-order valence-corrected chi connectivity index (χ2v) is 18.6. The van der Waals surface area contributed by atoms with E-state index < -0.39 is 75.2 Å². The molecule has 0 aromatic carbocycles. The van der Waals surface area contributed by atoms with Gasteiger partial charge in [0.2, 0.25) is 5.91 Å². The Morgan fingerprint density at radius 1 is 0.590 bits per heavy atom. The Morgan fingerprint density at radius 3 is 1.48 bits per heavy atom. The highest BCUT2D eigenvalue weighted by Crippen LogP contribution is 2.47. The van der Waals surface area contributed by atoms with E-state index >= 15 is 0 Å². The minimum absolute atomic E-state index is 0.259. The van der Waals surface area contributed by atoms with E-state index in [1.54, 1.807) is 6.08 Å². The number of hydrogen-bond acceptors (Lipinski definition) is 11. The van der Waals surface area contributed by atoms with Gasteiger partial charge in [-0.25, -0.2) is 4.57 Å². The summed E-state index contributed by atoms with van der Waals surface area (Å²) in [4.78, 5) is 23.4. The zero-order valence-corrected chi connectivity index (χ0v) is 38.7. The third-order valence-corrected chi connectivity index (χ3v) is 12.5. The van der Waals surface area contributed by atoms with E-state index in [2.05, 4.69) is 43.5 Å². The first-order chi connectivity index (χ1) is 29.3. The van der Waals surface area contributed by atoms with E-state index in [9.17, 15) is 50.0 Å². The highest BCUT2D eigenvalue weighted by Gasteiger charge is 2.51. The lowest BCUT2D eigenvalue weighted by molar-refractivity contribution is -0.220. The summed E-state index contributed by atoms with van der Waals surface area (Å²) in [6.07, 6.45) is 28.0. The van der Waals surface area contributed by atoms with Crippen LogP contribution in [0.25, 0.3) is 0 Å². The van der Waals surface area contributed by atoms with Crippen LogP contribution in [0, 0.1) is 0 Å². The van der Waals surface area contributed by atoms with Crippen LogP contribution in [0.2, 0.25) is 0 Å². The number of rotatable bonds is 39. The van der Waals surface area contributed by atoms with Gasteiger partial charge in [-0.15, -0.1) is 0 Å². The van der Waals surface area contributed by atoms with Crippen LogP contribution in [0.1, 0.15) is 194 Å². The predicted octanol–water partition coefficient (Wildman–Crippen LogP) is 8.14. The lowest BCUT2D eigenvalue weighted by Crippen LogP contribution is -2.64. The molecule has 1 fully saturated rings. The van der Waals surface area contributed by atoms with Crippen molar-refractivity contribution in [3.05, 3.63) is 36.5 Å². The highest BCUT2D eigenvalue weighted by molar-refractivity contribution is 7.47. The van der Waals surface area contributed by atoms with Crippen LogP contribution in [-0.4, -0.2) is 108 Å². The minimum Gasteiger partial charge on any atom is -0.393 e. The Balaban J connectivity index is 2.55. The van der Waals surface area contributed by atoms with Crippen molar-refractivity contribution >= 4 is 13.7 Å². The number of aliphatic hydroxyl groups is 7. The summed E-state index contributed by atoms with van der Waals surface area (Å²) in [6, 6.07) is -1.25. The molecule has 1 aliphatic rings. The summed E-state index contributed by atoms with van der Waals surface area (Å²) in [7, 11) is -5.14. The van der Waals surface area contributed by atoms with E-state index in [0.29, 0.717) is 12.8 Å². The van der Waals surface area contributed by atoms with Gasteiger partial charge in [-0.2, -0.15) is 0 Å². The van der Waals surface area contributed by atoms with E-state index in [-0.39, 0.29) is 6.42 Å². The van der Waals surface area contributed by atoms with Crippen LogP contribution in [0.4, 0.5) is 0 Å². The summed E-state index contributed by atoms with van der Waals surface area (Å²) in [5, 5.41) is 74.5. The van der Waals surface area contributed by atoms with Crippen LogP contribution in [-0.2, 0) is 18.4 Å². The Bertz CT molecular complexity index is 1190. The van der Waals surface area contributed by atoms with Crippen molar-refractivity contribution < 1.29 is 59.0 Å². The molecule has 0 aromatic rings. The lowest BCUT2D eigenvalue weighted by Gasteiger charge is -2.41. The molecular formula is C47H88NO12P. The van der Waals surface area contributed by atoms with Crippen molar-refractivity contribution in [3.8, 4) is 0 Å². The molecule has 0 heterocycles. The number of carbonyl (C=O) groups is 1. The number of phosphoric acid groups is 1. The first kappa shape index (κ1) is 57.5. The highest BCUT2D eigenvalue weighted by atomic mass is 31.2. The fourth-order valence-electron chi connectivity index (χ4n) is 7.53. The van der Waals surface area contributed by atoms with Crippen LogP contribution in [0.3, 0.4) is 0 Å². The van der Waals surface area contributed by atoms with Gasteiger partial charge in [0.1, 0.15) is 36.6 Å². The number of carbonyl (C=O) groups excluding carboxylic acids is 1. The van der Waals surface area contributed by atoms with Gasteiger partial charge in [-0.3, -0.25) is 13.8 Å². The Labute approximate surface area is 368 Å². The maximum Gasteiger partial charge on any atom is 0.472 e. The number of amides is 1. The van der Waals surface area contributed by atoms with Gasteiger partial charge in [-0.05, 0) is 44.9 Å². The van der Waals surface area contributed by atoms with Gasteiger partial charge in [0.15, 0.2) is 0 Å². The van der Waals surface area contributed by atoms with Gasteiger partial charge in [0.05, 0.1) is 31.3 Å². The van der Waals surface area contributed by atoms with Gasteiger partial charge in [-0.1, -0.05) is 179 Å². The van der Waals surface area contributed by atoms with Crippen LogP contribution < -0.4 is 5.32 Å². The number of unbranched alkanes of at least 4 members (excludes halogenated alkanes) is 23. The van der Waals surface area contributed by atoms with Crippen molar-refractivity contribution in [2.45, 2.75) is 249 Å². The molecule has 1 rings (SSSR count). The molecule has 13 nitrogen and oxygen atoms in total. The third-order valence-electron chi connectivity index (χ3n) is 11.5. The molecule has 9 N–H and O–H groups in total. The molecule has 61 heavy (non-hydrogen) atoms. The number of allylic oxidation sites excluding steroid dienone is 5. The van der Waals surface area contributed by atoms with Gasteiger partial charge in [0.25, 0.3) is 0 Å². The second-order valence-electron chi connectivity index (χ2n) is 17.2. The number of hydrogen-bond donors (Lipinski definition) is 9. The largest absolute Gasteiger partial charge is 0.472 e. The summed E-state index contributed by atoms with van der Waals surface area (Å²) in [5.74, 6) is -0.605. The molecular weight excluding hydrogens is 801 g/mol. The Kier molecular flexibility index (Phi) is 34.7. The molecule has 1 saturated carbocycles. The monoisotopic (exact) mass is 890 g/mol. The van der Waals surface area contributed by atoms with Crippen molar-refractivity contribution in [2.24, 2.45) is 0 Å². The van der Waals surface area contributed by atoms with Crippen LogP contribution in [0.5, 0.6) is 0 Å². The molecule has 8 atom stereocenters.